The number of rotatable bonds is 4. The van der Waals surface area contributed by atoms with Gasteiger partial charge in [-0.2, -0.15) is 0 Å². The molecule has 17 heavy (non-hydrogen) atoms. The number of nitrogens with one attached hydrogen (secondary N) is 1. The summed E-state index contributed by atoms with van der Waals surface area (Å²) in [7, 11) is 0. The molecule has 0 unspecified atom stereocenters. The zero-order valence-corrected chi connectivity index (χ0v) is 10.1. The maximum atomic E-state index is 13.6. The van der Waals surface area contributed by atoms with E-state index in [4.69, 9.17) is 0 Å². The van der Waals surface area contributed by atoms with Gasteiger partial charge in [-0.1, -0.05) is 12.1 Å². The Morgan fingerprint density at radius 1 is 1.35 bits per heavy atom. The van der Waals surface area contributed by atoms with Gasteiger partial charge in [0.15, 0.2) is 0 Å². The minimum absolute atomic E-state index is 0.205. The summed E-state index contributed by atoms with van der Waals surface area (Å²) in [6.45, 7) is 0.844. The van der Waals surface area contributed by atoms with Gasteiger partial charge in [0.25, 0.3) is 0 Å². The predicted molar refractivity (Wildman–Crippen MR) is 67.4 cm³/mol. The van der Waals surface area contributed by atoms with Crippen LogP contribution < -0.4 is 5.32 Å². The molecule has 1 saturated carbocycles. The molecule has 1 N–H and O–H groups in total. The summed E-state index contributed by atoms with van der Waals surface area (Å²) < 4.78 is 13.6. The molecule has 0 atom stereocenters. The lowest BCUT2D eigenvalue weighted by Crippen LogP contribution is -2.14. The molecule has 1 aliphatic carbocycles. The Morgan fingerprint density at radius 2 is 2.18 bits per heavy atom. The summed E-state index contributed by atoms with van der Waals surface area (Å²) >= 11 is 1.56. The van der Waals surface area contributed by atoms with Crippen molar-refractivity contribution in [2.24, 2.45) is 0 Å². The van der Waals surface area contributed by atoms with E-state index in [0.717, 1.165) is 16.4 Å². The maximum Gasteiger partial charge on any atom is 0.133 e. The summed E-state index contributed by atoms with van der Waals surface area (Å²) in [6.07, 6.45) is 4.39. The van der Waals surface area contributed by atoms with Crippen molar-refractivity contribution >= 4 is 11.3 Å². The predicted octanol–water partition coefficient (Wildman–Crippen LogP) is 3.20. The molecule has 1 aromatic carbocycles. The molecule has 2 aromatic rings. The van der Waals surface area contributed by atoms with Crippen LogP contribution in [0.5, 0.6) is 0 Å². The van der Waals surface area contributed by atoms with Gasteiger partial charge in [0.2, 0.25) is 0 Å². The summed E-state index contributed by atoms with van der Waals surface area (Å²) in [5, 5.41) is 4.19. The molecule has 1 heterocycles. The van der Waals surface area contributed by atoms with E-state index < -0.39 is 0 Å². The standard InChI is InChI=1S/C13H13FN2S/c14-12-4-2-1-3-11(12)13-16-8-10(17-13)7-15-9-5-6-9/h1-4,8-9,15H,5-7H2. The molecule has 2 nitrogen and oxygen atoms in total. The molecule has 3 rings (SSSR count). The molecule has 1 aliphatic rings. The molecule has 0 bridgehead atoms. The van der Waals surface area contributed by atoms with Gasteiger partial charge < -0.3 is 5.32 Å². The molecule has 0 amide bonds. The Morgan fingerprint density at radius 3 is 2.94 bits per heavy atom. The number of thiazole rings is 1. The lowest BCUT2D eigenvalue weighted by atomic mass is 10.2. The van der Waals surface area contributed by atoms with Gasteiger partial charge in [-0.15, -0.1) is 11.3 Å². The molecule has 1 fully saturated rings. The molecule has 0 saturated heterocycles. The van der Waals surface area contributed by atoms with Crippen molar-refractivity contribution in [1.29, 1.82) is 0 Å². The van der Waals surface area contributed by atoms with Gasteiger partial charge in [-0.25, -0.2) is 9.37 Å². The molecule has 0 aliphatic heterocycles. The van der Waals surface area contributed by atoms with Crippen LogP contribution in [0.3, 0.4) is 0 Å². The smallest absolute Gasteiger partial charge is 0.133 e. The van der Waals surface area contributed by atoms with Crippen LogP contribution in [-0.4, -0.2) is 11.0 Å². The Labute approximate surface area is 104 Å². The summed E-state index contributed by atoms with van der Waals surface area (Å²) in [4.78, 5) is 5.45. The topological polar surface area (TPSA) is 24.9 Å². The number of aromatic nitrogens is 1. The summed E-state index contributed by atoms with van der Waals surface area (Å²) in [5.74, 6) is -0.205. The fraction of sp³-hybridized carbons (Fsp3) is 0.308. The van der Waals surface area contributed by atoms with E-state index in [9.17, 15) is 4.39 Å². The zero-order chi connectivity index (χ0) is 11.7. The largest absolute Gasteiger partial charge is 0.309 e. The highest BCUT2D eigenvalue weighted by Crippen LogP contribution is 2.28. The minimum Gasteiger partial charge on any atom is -0.309 e. The van der Waals surface area contributed by atoms with E-state index in [1.165, 1.54) is 18.9 Å². The fourth-order valence-corrected chi connectivity index (χ4v) is 2.57. The molecule has 0 spiro atoms. The number of benzene rings is 1. The first kappa shape index (κ1) is 10.9. The highest BCUT2D eigenvalue weighted by molar-refractivity contribution is 7.15. The van der Waals surface area contributed by atoms with Crippen LogP contribution in [0.25, 0.3) is 10.6 Å². The van der Waals surface area contributed by atoms with Crippen LogP contribution in [-0.2, 0) is 6.54 Å². The number of hydrogen-bond donors (Lipinski definition) is 1. The first-order valence-corrected chi connectivity index (χ1v) is 6.57. The van der Waals surface area contributed by atoms with Crippen LogP contribution in [0.15, 0.2) is 30.5 Å². The third-order valence-corrected chi connectivity index (χ3v) is 3.83. The van der Waals surface area contributed by atoms with Gasteiger partial charge >= 0.3 is 0 Å². The van der Waals surface area contributed by atoms with E-state index in [0.29, 0.717) is 11.6 Å². The molecular formula is C13H13FN2S. The fourth-order valence-electron chi connectivity index (χ4n) is 1.68. The molecule has 88 valence electrons. The van der Waals surface area contributed by atoms with Crippen molar-refractivity contribution in [3.05, 3.63) is 41.2 Å². The zero-order valence-electron chi connectivity index (χ0n) is 9.32. The van der Waals surface area contributed by atoms with Crippen LogP contribution in [0, 0.1) is 5.82 Å². The van der Waals surface area contributed by atoms with Gasteiger partial charge in [-0.05, 0) is 25.0 Å². The molecule has 4 heteroatoms. The van der Waals surface area contributed by atoms with Gasteiger partial charge in [-0.3, -0.25) is 0 Å². The highest BCUT2D eigenvalue weighted by atomic mass is 32.1. The second-order valence-electron chi connectivity index (χ2n) is 4.27. The van der Waals surface area contributed by atoms with Crippen molar-refractivity contribution in [2.45, 2.75) is 25.4 Å². The third-order valence-electron chi connectivity index (χ3n) is 2.80. The minimum atomic E-state index is -0.205. The van der Waals surface area contributed by atoms with Crippen LogP contribution in [0.2, 0.25) is 0 Å². The van der Waals surface area contributed by atoms with Gasteiger partial charge in [0.1, 0.15) is 10.8 Å². The third kappa shape index (κ3) is 2.53. The first-order chi connectivity index (χ1) is 8.33. The maximum absolute atomic E-state index is 13.6. The van der Waals surface area contributed by atoms with E-state index in [2.05, 4.69) is 10.3 Å². The van der Waals surface area contributed by atoms with E-state index >= 15 is 0 Å². The Kier molecular flexibility index (Phi) is 2.91. The average Bonchev–Trinajstić information content (AvgIpc) is 3.06. The Hall–Kier alpha value is -1.26. The van der Waals surface area contributed by atoms with Crippen LogP contribution in [0.4, 0.5) is 4.39 Å². The van der Waals surface area contributed by atoms with E-state index in [-0.39, 0.29) is 5.82 Å². The van der Waals surface area contributed by atoms with Crippen molar-refractivity contribution in [2.75, 3.05) is 0 Å². The first-order valence-electron chi connectivity index (χ1n) is 5.76. The van der Waals surface area contributed by atoms with Crippen LogP contribution >= 0.6 is 11.3 Å². The Balaban J connectivity index is 1.77. The second-order valence-corrected chi connectivity index (χ2v) is 5.38. The second kappa shape index (κ2) is 4.55. The monoisotopic (exact) mass is 248 g/mol. The van der Waals surface area contributed by atoms with Crippen LogP contribution in [0.1, 0.15) is 17.7 Å². The molecule has 1 aromatic heterocycles. The van der Waals surface area contributed by atoms with Gasteiger partial charge in [0, 0.05) is 29.2 Å². The van der Waals surface area contributed by atoms with Crippen molar-refractivity contribution in [3.63, 3.8) is 0 Å². The molecular weight excluding hydrogens is 235 g/mol. The summed E-state index contributed by atoms with van der Waals surface area (Å²) in [6, 6.07) is 7.46. The Bertz CT molecular complexity index is 520. The van der Waals surface area contributed by atoms with Crippen molar-refractivity contribution in [3.8, 4) is 10.6 Å². The number of hydrogen-bond acceptors (Lipinski definition) is 3. The van der Waals surface area contributed by atoms with Crippen molar-refractivity contribution in [1.82, 2.24) is 10.3 Å². The lowest BCUT2D eigenvalue weighted by molar-refractivity contribution is 0.631. The number of halogens is 1. The lowest BCUT2D eigenvalue weighted by Gasteiger charge is -1.98. The SMILES string of the molecule is Fc1ccccc1-c1ncc(CNC2CC2)s1. The van der Waals surface area contributed by atoms with Gasteiger partial charge in [0.05, 0.1) is 0 Å². The quantitative estimate of drug-likeness (QED) is 0.898. The summed E-state index contributed by atoms with van der Waals surface area (Å²) in [5.41, 5.74) is 0.593. The molecule has 0 radical (unpaired) electrons. The number of nitrogens with zero attached hydrogens (tertiary/aromatic N) is 1. The van der Waals surface area contributed by atoms with E-state index in [1.54, 1.807) is 23.5 Å². The van der Waals surface area contributed by atoms with E-state index in [1.807, 2.05) is 12.3 Å². The highest BCUT2D eigenvalue weighted by Gasteiger charge is 2.20. The average molecular weight is 248 g/mol. The normalized spacial score (nSPS) is 15.1. The van der Waals surface area contributed by atoms with Crippen molar-refractivity contribution < 1.29 is 4.39 Å².